The molecule has 2 N–H and O–H groups in total. The van der Waals surface area contributed by atoms with E-state index >= 15 is 0 Å². The number of hydrogen-bond donors (Lipinski definition) is 2. The summed E-state index contributed by atoms with van der Waals surface area (Å²) in [7, 11) is 0. The predicted octanol–water partition coefficient (Wildman–Crippen LogP) is 2.90. The van der Waals surface area contributed by atoms with Crippen molar-refractivity contribution in [1.82, 2.24) is 10.2 Å². The Kier molecular flexibility index (Phi) is 2.48. The average molecular weight is 267 g/mol. The van der Waals surface area contributed by atoms with Crippen molar-refractivity contribution >= 4 is 16.6 Å². The van der Waals surface area contributed by atoms with Gasteiger partial charge in [-0.3, -0.25) is 5.10 Å². The zero-order valence-electron chi connectivity index (χ0n) is 10.7. The highest BCUT2D eigenvalue weighted by atomic mass is 16.7. The van der Waals surface area contributed by atoms with Gasteiger partial charge >= 0.3 is 0 Å². The summed E-state index contributed by atoms with van der Waals surface area (Å²) in [4.78, 5) is 0. The lowest BCUT2D eigenvalue weighted by Crippen LogP contribution is -2.00. The third kappa shape index (κ3) is 1.84. The van der Waals surface area contributed by atoms with E-state index < -0.39 is 0 Å². The minimum Gasteiger partial charge on any atom is -0.454 e. The van der Waals surface area contributed by atoms with Crippen LogP contribution in [0.4, 0.5) is 5.69 Å². The SMILES string of the molecule is c1cc(NCc2ccc3c(c2)OCO3)c2[nH]ncc2c1. The molecule has 2 heterocycles. The summed E-state index contributed by atoms with van der Waals surface area (Å²) in [5, 5.41) is 11.6. The van der Waals surface area contributed by atoms with Gasteiger partial charge in [-0.15, -0.1) is 0 Å². The number of fused-ring (bicyclic) bond motifs is 2. The van der Waals surface area contributed by atoms with Crippen molar-refractivity contribution in [3.8, 4) is 11.5 Å². The van der Waals surface area contributed by atoms with Crippen molar-refractivity contribution in [3.05, 3.63) is 48.2 Å². The Hall–Kier alpha value is -2.69. The van der Waals surface area contributed by atoms with Gasteiger partial charge in [0.2, 0.25) is 6.79 Å². The molecule has 1 aliphatic heterocycles. The van der Waals surface area contributed by atoms with E-state index in [0.29, 0.717) is 6.79 Å². The van der Waals surface area contributed by atoms with E-state index in [1.165, 1.54) is 0 Å². The predicted molar refractivity (Wildman–Crippen MR) is 76.0 cm³/mol. The summed E-state index contributed by atoms with van der Waals surface area (Å²) < 4.78 is 10.7. The molecule has 0 aliphatic carbocycles. The quantitative estimate of drug-likeness (QED) is 0.766. The van der Waals surface area contributed by atoms with E-state index in [0.717, 1.165) is 40.2 Å². The number of H-pyrrole nitrogens is 1. The van der Waals surface area contributed by atoms with Crippen LogP contribution in [0, 0.1) is 0 Å². The minimum atomic E-state index is 0.305. The molecule has 0 atom stereocenters. The molecule has 0 bridgehead atoms. The molecule has 0 spiro atoms. The first-order valence-electron chi connectivity index (χ1n) is 6.45. The van der Waals surface area contributed by atoms with Crippen molar-refractivity contribution in [2.75, 3.05) is 12.1 Å². The lowest BCUT2D eigenvalue weighted by Gasteiger charge is -2.08. The Morgan fingerprint density at radius 3 is 3.10 bits per heavy atom. The molecule has 20 heavy (non-hydrogen) atoms. The molecule has 0 saturated carbocycles. The molecular weight excluding hydrogens is 254 g/mol. The number of nitrogens with zero attached hydrogens (tertiary/aromatic N) is 1. The van der Waals surface area contributed by atoms with Gasteiger partial charge in [0, 0.05) is 11.9 Å². The van der Waals surface area contributed by atoms with Crippen molar-refractivity contribution in [3.63, 3.8) is 0 Å². The Balaban J connectivity index is 1.57. The second-order valence-electron chi connectivity index (χ2n) is 4.68. The molecule has 3 aromatic rings. The molecule has 0 saturated heterocycles. The zero-order chi connectivity index (χ0) is 13.4. The summed E-state index contributed by atoms with van der Waals surface area (Å²) in [6, 6.07) is 12.1. The largest absolute Gasteiger partial charge is 0.454 e. The lowest BCUT2D eigenvalue weighted by molar-refractivity contribution is 0.174. The molecule has 100 valence electrons. The van der Waals surface area contributed by atoms with Gasteiger partial charge in [0.1, 0.15) is 0 Å². The van der Waals surface area contributed by atoms with E-state index in [4.69, 9.17) is 9.47 Å². The number of hydrogen-bond acceptors (Lipinski definition) is 4. The van der Waals surface area contributed by atoms with Crippen molar-refractivity contribution < 1.29 is 9.47 Å². The molecule has 0 amide bonds. The summed E-state index contributed by atoms with van der Waals surface area (Å²) in [5.74, 6) is 1.62. The third-order valence-corrected chi connectivity index (χ3v) is 3.40. The number of benzene rings is 2. The van der Waals surface area contributed by atoms with Gasteiger partial charge in [0.25, 0.3) is 0 Å². The van der Waals surface area contributed by atoms with E-state index in [1.54, 1.807) is 0 Å². The lowest BCUT2D eigenvalue weighted by atomic mass is 10.2. The number of aromatic nitrogens is 2. The zero-order valence-corrected chi connectivity index (χ0v) is 10.7. The molecular formula is C15H13N3O2. The van der Waals surface area contributed by atoms with Gasteiger partial charge < -0.3 is 14.8 Å². The molecule has 2 aromatic carbocycles. The van der Waals surface area contributed by atoms with Crippen LogP contribution < -0.4 is 14.8 Å². The van der Waals surface area contributed by atoms with Crippen LogP contribution in [-0.2, 0) is 6.54 Å². The monoisotopic (exact) mass is 267 g/mol. The third-order valence-electron chi connectivity index (χ3n) is 3.40. The maximum absolute atomic E-state index is 5.38. The Labute approximate surface area is 115 Å². The van der Waals surface area contributed by atoms with Gasteiger partial charge in [-0.05, 0) is 23.8 Å². The van der Waals surface area contributed by atoms with Crippen LogP contribution in [0.5, 0.6) is 11.5 Å². The van der Waals surface area contributed by atoms with E-state index in [-0.39, 0.29) is 0 Å². The number of anilines is 1. The average Bonchev–Trinajstić information content (AvgIpc) is 3.13. The fourth-order valence-corrected chi connectivity index (χ4v) is 2.36. The maximum atomic E-state index is 5.38. The number of nitrogens with one attached hydrogen (secondary N) is 2. The maximum Gasteiger partial charge on any atom is 0.231 e. The highest BCUT2D eigenvalue weighted by Gasteiger charge is 2.13. The number of para-hydroxylation sites is 1. The van der Waals surface area contributed by atoms with Crippen LogP contribution in [0.1, 0.15) is 5.56 Å². The summed E-state index contributed by atoms with van der Waals surface area (Å²) in [5.41, 5.74) is 3.21. The van der Waals surface area contributed by atoms with Crippen LogP contribution in [0.15, 0.2) is 42.6 Å². The van der Waals surface area contributed by atoms with E-state index in [9.17, 15) is 0 Å². The summed E-state index contributed by atoms with van der Waals surface area (Å²) in [6.45, 7) is 1.02. The first-order chi connectivity index (χ1) is 9.90. The summed E-state index contributed by atoms with van der Waals surface area (Å²) >= 11 is 0. The molecule has 0 fully saturated rings. The van der Waals surface area contributed by atoms with E-state index in [1.807, 2.05) is 42.6 Å². The second kappa shape index (κ2) is 4.45. The molecule has 5 heteroatoms. The highest BCUT2D eigenvalue weighted by Crippen LogP contribution is 2.32. The van der Waals surface area contributed by atoms with Gasteiger partial charge in [0.15, 0.2) is 11.5 Å². The van der Waals surface area contributed by atoms with Crippen molar-refractivity contribution in [2.45, 2.75) is 6.54 Å². The topological polar surface area (TPSA) is 59.2 Å². The van der Waals surface area contributed by atoms with Gasteiger partial charge in [-0.1, -0.05) is 18.2 Å². The van der Waals surface area contributed by atoms with Crippen molar-refractivity contribution in [1.29, 1.82) is 0 Å². The molecule has 5 nitrogen and oxygen atoms in total. The standard InChI is InChI=1S/C15H13N3O2/c1-2-11-8-17-18-15(11)12(3-1)16-7-10-4-5-13-14(6-10)20-9-19-13/h1-6,8,16H,7,9H2,(H,17,18). The Morgan fingerprint density at radius 1 is 1.15 bits per heavy atom. The molecule has 1 aromatic heterocycles. The van der Waals surface area contributed by atoms with Gasteiger partial charge in [0.05, 0.1) is 17.4 Å². The van der Waals surface area contributed by atoms with Crippen LogP contribution in [0.2, 0.25) is 0 Å². The van der Waals surface area contributed by atoms with Crippen LogP contribution in [0.3, 0.4) is 0 Å². The van der Waals surface area contributed by atoms with Crippen LogP contribution >= 0.6 is 0 Å². The van der Waals surface area contributed by atoms with E-state index in [2.05, 4.69) is 15.5 Å². The fourth-order valence-electron chi connectivity index (χ4n) is 2.36. The van der Waals surface area contributed by atoms with Gasteiger partial charge in [-0.2, -0.15) is 5.10 Å². The number of aromatic amines is 1. The smallest absolute Gasteiger partial charge is 0.231 e. The molecule has 4 rings (SSSR count). The second-order valence-corrected chi connectivity index (χ2v) is 4.68. The van der Waals surface area contributed by atoms with Crippen molar-refractivity contribution in [2.24, 2.45) is 0 Å². The minimum absolute atomic E-state index is 0.305. The highest BCUT2D eigenvalue weighted by molar-refractivity contribution is 5.89. The first-order valence-corrected chi connectivity index (χ1v) is 6.45. The van der Waals surface area contributed by atoms with Crippen LogP contribution in [-0.4, -0.2) is 17.0 Å². The molecule has 0 radical (unpaired) electrons. The first kappa shape index (κ1) is 11.2. The Bertz CT molecular complexity index is 767. The normalized spacial score (nSPS) is 12.8. The molecule has 1 aliphatic rings. The molecule has 0 unspecified atom stereocenters. The van der Waals surface area contributed by atoms with Crippen LogP contribution in [0.25, 0.3) is 10.9 Å². The summed E-state index contributed by atoms with van der Waals surface area (Å²) in [6.07, 6.45) is 1.82. The van der Waals surface area contributed by atoms with Gasteiger partial charge in [-0.25, -0.2) is 0 Å². The fraction of sp³-hybridized carbons (Fsp3) is 0.133. The Morgan fingerprint density at radius 2 is 2.10 bits per heavy atom. The number of rotatable bonds is 3. The number of ether oxygens (including phenoxy) is 2.